The number of unbranched alkanes of at least 4 members (excludes halogenated alkanes) is 18. The Hall–Kier alpha value is -0.480. The second-order valence-corrected chi connectivity index (χ2v) is 14.8. The summed E-state index contributed by atoms with van der Waals surface area (Å²) in [5.74, 6) is 0. The number of rotatable bonds is 24. The first kappa shape index (κ1) is 44.5. The second-order valence-electron chi connectivity index (χ2n) is 12.1. The van der Waals surface area contributed by atoms with Crippen LogP contribution in [0.4, 0.5) is 0 Å². The molecule has 0 fully saturated rings. The van der Waals surface area contributed by atoms with Gasteiger partial charge in [-0.05, 0) is 61.1 Å². The molecule has 0 amide bonds. The minimum absolute atomic E-state index is 0. The van der Waals surface area contributed by atoms with Crippen molar-refractivity contribution < 1.29 is 25.9 Å². The van der Waals surface area contributed by atoms with Crippen LogP contribution < -0.4 is 0 Å². The van der Waals surface area contributed by atoms with E-state index in [1.54, 1.807) is 12.1 Å². The van der Waals surface area contributed by atoms with E-state index in [1.807, 2.05) is 12.1 Å². The van der Waals surface area contributed by atoms with Gasteiger partial charge in [0.1, 0.15) is 20.2 Å². The first-order valence-electron chi connectivity index (χ1n) is 17.2. The van der Waals surface area contributed by atoms with Crippen molar-refractivity contribution in [2.45, 2.75) is 165 Å². The van der Waals surface area contributed by atoms with Gasteiger partial charge in [0.2, 0.25) is 0 Å². The molecule has 0 bridgehead atoms. The van der Waals surface area contributed by atoms with Gasteiger partial charge in [-0.15, -0.1) is 0 Å². The number of hydrogen-bond donors (Lipinski definition) is 0. The predicted octanol–water partition coefficient (Wildman–Crippen LogP) is 9.73. The molecule has 0 atom stereocenters. The van der Waals surface area contributed by atoms with Crippen molar-refractivity contribution in [3.8, 4) is 0 Å². The van der Waals surface area contributed by atoms with Crippen molar-refractivity contribution in [1.82, 2.24) is 0 Å². The predicted molar refractivity (Wildman–Crippen MR) is 186 cm³/mol. The molecule has 0 heterocycles. The van der Waals surface area contributed by atoms with Gasteiger partial charge in [-0.3, -0.25) is 0 Å². The summed E-state index contributed by atoms with van der Waals surface area (Å²) in [5, 5.41) is 0. The van der Waals surface area contributed by atoms with Crippen LogP contribution in [0.2, 0.25) is 0 Å². The van der Waals surface area contributed by atoms with Crippen LogP contribution in [0.5, 0.6) is 0 Å². The van der Waals surface area contributed by atoms with E-state index >= 15 is 0 Å². The van der Waals surface area contributed by atoms with Crippen LogP contribution in [0, 0.1) is 0 Å². The Morgan fingerprint density at radius 1 is 0.444 bits per heavy atom. The summed E-state index contributed by atoms with van der Waals surface area (Å²) in [6, 6.07) is 12.8. The Bertz CT molecular complexity index is 1120. The van der Waals surface area contributed by atoms with Crippen molar-refractivity contribution in [3.05, 3.63) is 59.7 Å². The smallest absolute Gasteiger partial charge is 0.744 e. The maximum atomic E-state index is 11.0. The summed E-state index contributed by atoms with van der Waals surface area (Å²) in [6.45, 7) is 4.48. The van der Waals surface area contributed by atoms with E-state index in [-0.39, 0.29) is 47.5 Å². The Labute approximate surface area is 306 Å². The number of benzene rings is 2. The molecule has 0 aliphatic rings. The molecule has 0 aromatic heterocycles. The van der Waals surface area contributed by atoms with Gasteiger partial charge >= 0.3 is 37.7 Å². The van der Waals surface area contributed by atoms with E-state index in [4.69, 9.17) is 0 Å². The van der Waals surface area contributed by atoms with Crippen LogP contribution >= 0.6 is 0 Å². The SMILES string of the molecule is CCCCCCCCCCCCc1cccc(S(=O)(=O)[O-])c1.CCCCCCCCCCCCc1cccc(S(=O)(=O)[O-])c1.[Ca+2]. The molecular formula is C36H58CaO6S2. The second kappa shape index (κ2) is 27.5. The van der Waals surface area contributed by atoms with Gasteiger partial charge in [-0.2, -0.15) is 0 Å². The van der Waals surface area contributed by atoms with Crippen molar-refractivity contribution >= 4 is 58.0 Å². The topological polar surface area (TPSA) is 114 Å². The molecule has 0 N–H and O–H groups in total. The molecule has 45 heavy (non-hydrogen) atoms. The van der Waals surface area contributed by atoms with E-state index < -0.39 is 20.2 Å². The molecule has 0 unspecified atom stereocenters. The van der Waals surface area contributed by atoms with E-state index in [0.717, 1.165) is 36.8 Å². The molecular weight excluding hydrogens is 633 g/mol. The normalized spacial score (nSPS) is 11.5. The van der Waals surface area contributed by atoms with E-state index in [0.29, 0.717) is 0 Å². The van der Waals surface area contributed by atoms with Crippen LogP contribution in [0.1, 0.15) is 153 Å². The van der Waals surface area contributed by atoms with Gasteiger partial charge in [0.15, 0.2) is 0 Å². The third kappa shape index (κ3) is 24.3. The molecule has 0 saturated carbocycles. The molecule has 6 nitrogen and oxygen atoms in total. The van der Waals surface area contributed by atoms with Crippen molar-refractivity contribution in [3.63, 3.8) is 0 Å². The molecule has 2 aromatic carbocycles. The van der Waals surface area contributed by atoms with Crippen molar-refractivity contribution in [1.29, 1.82) is 0 Å². The Morgan fingerprint density at radius 2 is 0.711 bits per heavy atom. The third-order valence-electron chi connectivity index (χ3n) is 8.01. The van der Waals surface area contributed by atoms with E-state index in [9.17, 15) is 25.9 Å². The summed E-state index contributed by atoms with van der Waals surface area (Å²) in [4.78, 5) is -0.228. The summed E-state index contributed by atoms with van der Waals surface area (Å²) >= 11 is 0. The van der Waals surface area contributed by atoms with Gasteiger partial charge < -0.3 is 9.11 Å². The first-order chi connectivity index (χ1) is 21.1. The standard InChI is InChI=1S/2C18H30O3S.Ca/c2*1-2-3-4-5-6-7-8-9-10-11-13-17-14-12-15-18(16-17)22(19,20)21;/h2*12,14-16H,2-11,13H2,1H3,(H,19,20,21);/q;;+2/p-2. The van der Waals surface area contributed by atoms with Crippen LogP contribution in [0.15, 0.2) is 58.3 Å². The largest absolute Gasteiger partial charge is 2.00 e. The fraction of sp³-hybridized carbons (Fsp3) is 0.667. The maximum absolute atomic E-state index is 11.0. The van der Waals surface area contributed by atoms with Crippen LogP contribution in [0.25, 0.3) is 0 Å². The number of aryl methyl sites for hydroxylation is 2. The molecule has 2 aromatic rings. The summed E-state index contributed by atoms with van der Waals surface area (Å²) in [6.07, 6.45) is 27.4. The third-order valence-corrected chi connectivity index (χ3v) is 9.67. The molecule has 0 saturated heterocycles. The molecule has 2 rings (SSSR count). The van der Waals surface area contributed by atoms with Gasteiger partial charge in [-0.25, -0.2) is 16.8 Å². The van der Waals surface area contributed by atoms with Crippen molar-refractivity contribution in [2.24, 2.45) is 0 Å². The Kier molecular flexibility index (Phi) is 27.2. The minimum Gasteiger partial charge on any atom is -0.744 e. The quantitative estimate of drug-likeness (QED) is 0.0615. The summed E-state index contributed by atoms with van der Waals surface area (Å²) in [7, 11) is -8.66. The molecule has 252 valence electrons. The molecule has 0 radical (unpaired) electrons. The molecule has 0 aliphatic heterocycles. The van der Waals surface area contributed by atoms with E-state index in [2.05, 4.69) is 13.8 Å². The van der Waals surface area contributed by atoms with Crippen LogP contribution in [-0.2, 0) is 33.1 Å². The van der Waals surface area contributed by atoms with E-state index in [1.165, 1.54) is 140 Å². The molecule has 0 spiro atoms. The van der Waals surface area contributed by atoms with Gasteiger partial charge in [0.05, 0.1) is 9.79 Å². The molecule has 0 aliphatic carbocycles. The monoisotopic (exact) mass is 690 g/mol. The zero-order valence-electron chi connectivity index (χ0n) is 28.1. The fourth-order valence-electron chi connectivity index (χ4n) is 5.35. The maximum Gasteiger partial charge on any atom is 2.00 e. The Morgan fingerprint density at radius 3 is 0.978 bits per heavy atom. The van der Waals surface area contributed by atoms with Gasteiger partial charge in [0.25, 0.3) is 0 Å². The summed E-state index contributed by atoms with van der Waals surface area (Å²) in [5.41, 5.74) is 1.88. The number of hydrogen-bond acceptors (Lipinski definition) is 6. The first-order valence-corrected chi connectivity index (χ1v) is 20.0. The average molecular weight is 691 g/mol. The summed E-state index contributed by atoms with van der Waals surface area (Å²) < 4.78 is 65.8. The van der Waals surface area contributed by atoms with Crippen molar-refractivity contribution in [2.75, 3.05) is 0 Å². The van der Waals surface area contributed by atoms with Gasteiger partial charge in [-0.1, -0.05) is 154 Å². The van der Waals surface area contributed by atoms with Gasteiger partial charge in [0, 0.05) is 0 Å². The van der Waals surface area contributed by atoms with Crippen LogP contribution in [-0.4, -0.2) is 63.7 Å². The molecule has 9 heteroatoms. The zero-order valence-corrected chi connectivity index (χ0v) is 32.0. The van der Waals surface area contributed by atoms with Crippen LogP contribution in [0.3, 0.4) is 0 Å². The minimum atomic E-state index is -4.33. The zero-order chi connectivity index (χ0) is 32.5. The fourth-order valence-corrected chi connectivity index (χ4v) is 6.43. The Balaban J connectivity index is 0.000000842. The average Bonchev–Trinajstić information content (AvgIpc) is 2.99.